The van der Waals surface area contributed by atoms with Gasteiger partial charge in [-0.3, -0.25) is 15.5 Å². The second kappa shape index (κ2) is 7.14. The Balaban J connectivity index is 2.84. The highest BCUT2D eigenvalue weighted by Gasteiger charge is 2.28. The molecule has 0 radical (unpaired) electrons. The van der Waals surface area contributed by atoms with E-state index < -0.39 is 0 Å². The number of esters is 1. The Kier molecular flexibility index (Phi) is 5.83. The SMILES string of the molecule is C=C(NO)/C(=C\C(=C/C)C(C)C)OC(=O)C1CCC1. The second-order valence-electron chi connectivity index (χ2n) is 5.09. The Hall–Kier alpha value is -1.55. The van der Waals surface area contributed by atoms with Gasteiger partial charge in [-0.05, 0) is 37.3 Å². The molecule has 4 heteroatoms. The monoisotopic (exact) mass is 265 g/mol. The van der Waals surface area contributed by atoms with E-state index in [9.17, 15) is 4.79 Å². The quantitative estimate of drug-likeness (QED) is 0.335. The average molecular weight is 265 g/mol. The molecule has 1 rings (SSSR count). The van der Waals surface area contributed by atoms with E-state index in [4.69, 9.17) is 9.94 Å². The van der Waals surface area contributed by atoms with Gasteiger partial charge in [0.05, 0.1) is 11.6 Å². The molecule has 0 atom stereocenters. The van der Waals surface area contributed by atoms with Gasteiger partial charge in [0.2, 0.25) is 0 Å². The van der Waals surface area contributed by atoms with Crippen LogP contribution in [0.15, 0.2) is 35.8 Å². The molecule has 0 amide bonds. The summed E-state index contributed by atoms with van der Waals surface area (Å²) in [6, 6.07) is 0. The first kappa shape index (κ1) is 15.5. The molecule has 0 spiro atoms. The molecule has 0 unspecified atom stereocenters. The fourth-order valence-corrected chi connectivity index (χ4v) is 1.80. The van der Waals surface area contributed by atoms with Crippen LogP contribution >= 0.6 is 0 Å². The van der Waals surface area contributed by atoms with Crippen molar-refractivity contribution in [2.75, 3.05) is 0 Å². The first-order valence-electron chi connectivity index (χ1n) is 6.68. The lowest BCUT2D eigenvalue weighted by atomic mass is 9.86. The van der Waals surface area contributed by atoms with Gasteiger partial charge in [0, 0.05) is 0 Å². The summed E-state index contributed by atoms with van der Waals surface area (Å²) in [4.78, 5) is 11.9. The van der Waals surface area contributed by atoms with E-state index in [1.54, 1.807) is 6.08 Å². The summed E-state index contributed by atoms with van der Waals surface area (Å²) >= 11 is 0. The van der Waals surface area contributed by atoms with Crippen LogP contribution in [-0.2, 0) is 9.53 Å². The molecule has 4 nitrogen and oxygen atoms in total. The molecular formula is C15H23NO3. The lowest BCUT2D eigenvalue weighted by Crippen LogP contribution is -2.25. The number of hydrogen-bond donors (Lipinski definition) is 2. The molecule has 0 aromatic carbocycles. The zero-order valence-corrected chi connectivity index (χ0v) is 11.9. The van der Waals surface area contributed by atoms with Gasteiger partial charge < -0.3 is 4.74 Å². The third-order valence-electron chi connectivity index (χ3n) is 3.38. The molecule has 0 bridgehead atoms. The predicted molar refractivity (Wildman–Crippen MR) is 74.2 cm³/mol. The van der Waals surface area contributed by atoms with E-state index in [1.807, 2.05) is 32.3 Å². The van der Waals surface area contributed by atoms with Crippen LogP contribution in [0.2, 0.25) is 0 Å². The molecule has 1 aliphatic rings. The smallest absolute Gasteiger partial charge is 0.314 e. The van der Waals surface area contributed by atoms with Crippen LogP contribution in [0.5, 0.6) is 0 Å². The molecule has 1 aliphatic carbocycles. The normalized spacial score (nSPS) is 17.1. The van der Waals surface area contributed by atoms with Gasteiger partial charge in [-0.2, -0.15) is 0 Å². The maximum absolute atomic E-state index is 11.9. The minimum Gasteiger partial charge on any atom is -0.424 e. The van der Waals surface area contributed by atoms with Gasteiger partial charge in [-0.15, -0.1) is 0 Å². The Morgan fingerprint density at radius 1 is 1.47 bits per heavy atom. The average Bonchev–Trinajstić information content (AvgIpc) is 2.30. The van der Waals surface area contributed by atoms with Crippen LogP contribution in [0.25, 0.3) is 0 Å². The zero-order chi connectivity index (χ0) is 14.4. The molecule has 106 valence electrons. The van der Waals surface area contributed by atoms with Crippen molar-refractivity contribution in [3.05, 3.63) is 35.8 Å². The highest BCUT2D eigenvalue weighted by atomic mass is 16.5. The summed E-state index contributed by atoms with van der Waals surface area (Å²) in [6.45, 7) is 9.66. The van der Waals surface area contributed by atoms with E-state index in [2.05, 4.69) is 6.58 Å². The molecule has 0 aromatic rings. The molecule has 1 fully saturated rings. The molecule has 2 N–H and O–H groups in total. The summed E-state index contributed by atoms with van der Waals surface area (Å²) in [5.41, 5.74) is 3.16. The Labute approximate surface area is 114 Å². The Bertz CT molecular complexity index is 404. The van der Waals surface area contributed by atoms with Crippen LogP contribution in [0.4, 0.5) is 0 Å². The van der Waals surface area contributed by atoms with Crippen molar-refractivity contribution in [2.24, 2.45) is 11.8 Å². The number of ether oxygens (including phenoxy) is 1. The van der Waals surface area contributed by atoms with Crippen molar-refractivity contribution in [1.82, 2.24) is 5.48 Å². The number of allylic oxidation sites excluding steroid dienone is 3. The summed E-state index contributed by atoms with van der Waals surface area (Å²) in [7, 11) is 0. The largest absolute Gasteiger partial charge is 0.424 e. The molecule has 0 saturated heterocycles. The van der Waals surface area contributed by atoms with Crippen molar-refractivity contribution >= 4 is 5.97 Å². The van der Waals surface area contributed by atoms with Gasteiger partial charge in [-0.25, -0.2) is 0 Å². The maximum Gasteiger partial charge on any atom is 0.314 e. The topological polar surface area (TPSA) is 58.6 Å². The fraction of sp³-hybridized carbons (Fsp3) is 0.533. The van der Waals surface area contributed by atoms with Crippen molar-refractivity contribution in [3.8, 4) is 0 Å². The van der Waals surface area contributed by atoms with Gasteiger partial charge in [0.15, 0.2) is 5.76 Å². The Morgan fingerprint density at radius 2 is 2.11 bits per heavy atom. The standard InChI is InChI=1S/C15H23NO3/c1-5-12(10(2)3)9-14(11(4)16-18)19-15(17)13-7-6-8-13/h5,9-10,13,16,18H,4,6-8H2,1-3H3/b12-5+,14-9+. The highest BCUT2D eigenvalue weighted by Crippen LogP contribution is 2.29. The molecular weight excluding hydrogens is 242 g/mol. The lowest BCUT2D eigenvalue weighted by molar-refractivity contribution is -0.146. The molecule has 0 aliphatic heterocycles. The number of hydrogen-bond acceptors (Lipinski definition) is 4. The number of carbonyl (C=O) groups excluding carboxylic acids is 1. The maximum atomic E-state index is 11.9. The van der Waals surface area contributed by atoms with E-state index in [0.717, 1.165) is 24.8 Å². The van der Waals surface area contributed by atoms with Crippen LogP contribution in [0, 0.1) is 11.8 Å². The molecule has 0 aromatic heterocycles. The summed E-state index contributed by atoms with van der Waals surface area (Å²) in [5.74, 6) is 0.325. The number of carbonyl (C=O) groups is 1. The number of nitrogens with one attached hydrogen (secondary N) is 1. The predicted octanol–water partition coefficient (Wildman–Crippen LogP) is 3.31. The minimum absolute atomic E-state index is 0.0111. The molecule has 1 saturated carbocycles. The summed E-state index contributed by atoms with van der Waals surface area (Å²) in [5, 5.41) is 8.95. The van der Waals surface area contributed by atoms with Gasteiger partial charge in [0.25, 0.3) is 0 Å². The first-order chi connectivity index (χ1) is 8.99. The third-order valence-corrected chi connectivity index (χ3v) is 3.38. The number of hydroxylamine groups is 1. The van der Waals surface area contributed by atoms with Crippen LogP contribution in [-0.4, -0.2) is 11.2 Å². The summed E-state index contributed by atoms with van der Waals surface area (Å²) < 4.78 is 5.35. The van der Waals surface area contributed by atoms with Crippen molar-refractivity contribution < 1.29 is 14.7 Å². The van der Waals surface area contributed by atoms with Crippen molar-refractivity contribution in [3.63, 3.8) is 0 Å². The number of rotatable bonds is 6. The lowest BCUT2D eigenvalue weighted by Gasteiger charge is -2.24. The van der Waals surface area contributed by atoms with Gasteiger partial charge in [-0.1, -0.05) is 32.9 Å². The van der Waals surface area contributed by atoms with Crippen LogP contribution < -0.4 is 5.48 Å². The highest BCUT2D eigenvalue weighted by molar-refractivity contribution is 5.75. The van der Waals surface area contributed by atoms with E-state index in [1.165, 1.54) is 0 Å². The first-order valence-corrected chi connectivity index (χ1v) is 6.68. The van der Waals surface area contributed by atoms with E-state index in [-0.39, 0.29) is 23.3 Å². The Morgan fingerprint density at radius 3 is 2.47 bits per heavy atom. The third kappa shape index (κ3) is 4.24. The molecule has 0 heterocycles. The molecule has 19 heavy (non-hydrogen) atoms. The van der Waals surface area contributed by atoms with Crippen LogP contribution in [0.3, 0.4) is 0 Å². The van der Waals surface area contributed by atoms with Gasteiger partial charge in [0.1, 0.15) is 0 Å². The second-order valence-corrected chi connectivity index (χ2v) is 5.09. The van der Waals surface area contributed by atoms with Crippen LogP contribution in [0.1, 0.15) is 40.0 Å². The van der Waals surface area contributed by atoms with E-state index in [0.29, 0.717) is 5.92 Å². The zero-order valence-electron chi connectivity index (χ0n) is 11.9. The van der Waals surface area contributed by atoms with E-state index >= 15 is 0 Å². The fourth-order valence-electron chi connectivity index (χ4n) is 1.80. The minimum atomic E-state index is -0.242. The summed E-state index contributed by atoms with van der Waals surface area (Å²) in [6.07, 6.45) is 6.53. The van der Waals surface area contributed by atoms with Gasteiger partial charge >= 0.3 is 5.97 Å². The van der Waals surface area contributed by atoms with Crippen molar-refractivity contribution in [1.29, 1.82) is 0 Å². The van der Waals surface area contributed by atoms with Crippen molar-refractivity contribution in [2.45, 2.75) is 40.0 Å².